The van der Waals surface area contributed by atoms with Crippen LogP contribution in [0.25, 0.3) is 0 Å². The van der Waals surface area contributed by atoms with E-state index in [1.807, 2.05) is 31.2 Å². The van der Waals surface area contributed by atoms with Crippen molar-refractivity contribution in [2.75, 3.05) is 6.61 Å². The van der Waals surface area contributed by atoms with E-state index < -0.39 is 0 Å². The molecule has 0 aromatic heterocycles. The summed E-state index contributed by atoms with van der Waals surface area (Å²) in [6.07, 6.45) is 0. The number of hydrogen-bond acceptors (Lipinski definition) is 3. The van der Waals surface area contributed by atoms with E-state index in [0.717, 1.165) is 0 Å². The minimum Gasteiger partial charge on any atom is -0.490 e. The Kier molecular flexibility index (Phi) is 4.99. The molecule has 2 aromatic rings. The third kappa shape index (κ3) is 3.85. The number of carbonyl (C=O) groups excluding carboxylic acids is 1. The highest BCUT2D eigenvalue weighted by molar-refractivity contribution is 5.91. The van der Waals surface area contributed by atoms with Gasteiger partial charge in [0.1, 0.15) is 0 Å². The van der Waals surface area contributed by atoms with Gasteiger partial charge in [0.2, 0.25) is 0 Å². The van der Waals surface area contributed by atoms with E-state index in [1.165, 1.54) is 5.56 Å². The Balaban J connectivity index is 2.14. The molecule has 0 atom stereocenters. The predicted octanol–water partition coefficient (Wildman–Crippen LogP) is 4.43. The van der Waals surface area contributed by atoms with Crippen LogP contribution >= 0.6 is 0 Å². The Hall–Kier alpha value is -2.29. The van der Waals surface area contributed by atoms with Gasteiger partial charge in [0.15, 0.2) is 11.5 Å². The molecule has 0 saturated heterocycles. The Morgan fingerprint density at radius 1 is 1.00 bits per heavy atom. The Labute approximate surface area is 125 Å². The van der Waals surface area contributed by atoms with E-state index in [1.54, 1.807) is 24.3 Å². The first-order chi connectivity index (χ1) is 10.1. The van der Waals surface area contributed by atoms with Crippen molar-refractivity contribution in [1.29, 1.82) is 0 Å². The fourth-order valence-corrected chi connectivity index (χ4v) is 1.97. The predicted molar refractivity (Wildman–Crippen MR) is 83.1 cm³/mol. The normalized spacial score (nSPS) is 10.5. The monoisotopic (exact) mass is 284 g/mol. The Morgan fingerprint density at radius 2 is 1.62 bits per heavy atom. The number of ether oxygens (including phenoxy) is 2. The van der Waals surface area contributed by atoms with Crippen LogP contribution < -0.4 is 9.47 Å². The van der Waals surface area contributed by atoms with Crippen molar-refractivity contribution < 1.29 is 14.3 Å². The number of carbonyl (C=O) groups is 1. The molecule has 0 spiro atoms. The van der Waals surface area contributed by atoms with Gasteiger partial charge in [-0.25, -0.2) is 4.79 Å². The summed E-state index contributed by atoms with van der Waals surface area (Å²) in [5.74, 6) is 1.08. The van der Waals surface area contributed by atoms with Gasteiger partial charge in [-0.15, -0.1) is 0 Å². The highest BCUT2D eigenvalue weighted by Crippen LogP contribution is 2.27. The lowest BCUT2D eigenvalue weighted by molar-refractivity contribution is 0.0728. The smallest absolute Gasteiger partial charge is 0.343 e. The summed E-state index contributed by atoms with van der Waals surface area (Å²) in [6, 6.07) is 14.7. The lowest BCUT2D eigenvalue weighted by Crippen LogP contribution is -2.09. The van der Waals surface area contributed by atoms with E-state index in [0.29, 0.717) is 29.6 Å². The molecule has 3 nitrogen and oxygen atoms in total. The molecule has 0 aliphatic heterocycles. The molecule has 0 saturated carbocycles. The van der Waals surface area contributed by atoms with Gasteiger partial charge in [0.05, 0.1) is 12.2 Å². The molecule has 0 heterocycles. The van der Waals surface area contributed by atoms with E-state index in [-0.39, 0.29) is 5.97 Å². The van der Waals surface area contributed by atoms with Crippen molar-refractivity contribution in [3.05, 3.63) is 59.7 Å². The summed E-state index contributed by atoms with van der Waals surface area (Å²) in [6.45, 7) is 6.65. The highest BCUT2D eigenvalue weighted by Gasteiger charge is 2.12. The van der Waals surface area contributed by atoms with E-state index >= 15 is 0 Å². The quantitative estimate of drug-likeness (QED) is 0.602. The van der Waals surface area contributed by atoms with E-state index in [9.17, 15) is 4.79 Å². The zero-order valence-electron chi connectivity index (χ0n) is 12.6. The van der Waals surface area contributed by atoms with Crippen LogP contribution in [0.5, 0.6) is 11.5 Å². The van der Waals surface area contributed by atoms with Gasteiger partial charge in [-0.05, 0) is 42.7 Å². The summed E-state index contributed by atoms with van der Waals surface area (Å²) in [5, 5.41) is 0. The molecule has 0 fully saturated rings. The van der Waals surface area contributed by atoms with Crippen molar-refractivity contribution >= 4 is 5.97 Å². The van der Waals surface area contributed by atoms with Crippen molar-refractivity contribution in [1.82, 2.24) is 0 Å². The molecule has 0 radical (unpaired) electrons. The second kappa shape index (κ2) is 6.93. The first-order valence-corrected chi connectivity index (χ1v) is 7.15. The average Bonchev–Trinajstić information content (AvgIpc) is 2.49. The molecule has 0 aliphatic rings. The molecule has 0 amide bonds. The Morgan fingerprint density at radius 3 is 2.19 bits per heavy atom. The van der Waals surface area contributed by atoms with Crippen molar-refractivity contribution in [3.63, 3.8) is 0 Å². The van der Waals surface area contributed by atoms with Gasteiger partial charge >= 0.3 is 5.97 Å². The van der Waals surface area contributed by atoms with Crippen molar-refractivity contribution in [2.24, 2.45) is 0 Å². The maximum absolute atomic E-state index is 12.2. The standard InChI is InChI=1S/C18H20O3/c1-4-20-16-7-5-6-8-17(16)21-18(19)15-11-9-14(10-12-15)13(2)3/h5-13H,4H2,1-3H3. The maximum atomic E-state index is 12.2. The second-order valence-corrected chi connectivity index (χ2v) is 5.05. The summed E-state index contributed by atoms with van der Waals surface area (Å²) in [4.78, 5) is 12.2. The lowest BCUT2D eigenvalue weighted by atomic mass is 10.0. The maximum Gasteiger partial charge on any atom is 0.343 e. The molecule has 0 aliphatic carbocycles. The third-order valence-corrected chi connectivity index (χ3v) is 3.16. The minimum atomic E-state index is -0.377. The van der Waals surface area contributed by atoms with Crippen molar-refractivity contribution in [2.45, 2.75) is 26.7 Å². The number of benzene rings is 2. The lowest BCUT2D eigenvalue weighted by Gasteiger charge is -2.10. The number of esters is 1. The first-order valence-electron chi connectivity index (χ1n) is 7.15. The summed E-state index contributed by atoms with van der Waals surface area (Å²) >= 11 is 0. The van der Waals surface area contributed by atoms with Crippen LogP contribution in [-0.2, 0) is 0 Å². The van der Waals surface area contributed by atoms with E-state index in [4.69, 9.17) is 9.47 Å². The molecule has 3 heteroatoms. The largest absolute Gasteiger partial charge is 0.490 e. The van der Waals surface area contributed by atoms with Crippen LogP contribution in [0.4, 0.5) is 0 Å². The van der Waals surface area contributed by atoms with Gasteiger partial charge in [-0.3, -0.25) is 0 Å². The van der Waals surface area contributed by atoms with Gasteiger partial charge < -0.3 is 9.47 Å². The molecular formula is C18H20O3. The zero-order chi connectivity index (χ0) is 15.2. The molecule has 0 N–H and O–H groups in total. The average molecular weight is 284 g/mol. The second-order valence-electron chi connectivity index (χ2n) is 5.05. The number of rotatable bonds is 5. The number of para-hydroxylation sites is 2. The SMILES string of the molecule is CCOc1ccccc1OC(=O)c1ccc(C(C)C)cc1. The minimum absolute atomic E-state index is 0.377. The summed E-state index contributed by atoms with van der Waals surface area (Å²) in [7, 11) is 0. The molecule has 0 bridgehead atoms. The molecular weight excluding hydrogens is 264 g/mol. The van der Waals surface area contributed by atoms with Gasteiger partial charge in [0.25, 0.3) is 0 Å². The fraction of sp³-hybridized carbons (Fsp3) is 0.278. The van der Waals surface area contributed by atoms with Gasteiger partial charge in [-0.2, -0.15) is 0 Å². The van der Waals surface area contributed by atoms with Gasteiger partial charge in [-0.1, -0.05) is 38.1 Å². The molecule has 0 unspecified atom stereocenters. The number of hydrogen-bond donors (Lipinski definition) is 0. The summed E-state index contributed by atoms with van der Waals surface area (Å²) < 4.78 is 10.9. The van der Waals surface area contributed by atoms with Crippen LogP contribution in [0.2, 0.25) is 0 Å². The van der Waals surface area contributed by atoms with E-state index in [2.05, 4.69) is 13.8 Å². The van der Waals surface area contributed by atoms with Crippen LogP contribution in [0, 0.1) is 0 Å². The first kappa shape index (κ1) is 15.1. The van der Waals surface area contributed by atoms with Gasteiger partial charge in [0, 0.05) is 0 Å². The molecule has 21 heavy (non-hydrogen) atoms. The molecule has 2 rings (SSSR count). The zero-order valence-corrected chi connectivity index (χ0v) is 12.6. The summed E-state index contributed by atoms with van der Waals surface area (Å²) in [5.41, 5.74) is 1.73. The van der Waals surface area contributed by atoms with Crippen LogP contribution in [0.1, 0.15) is 42.6 Å². The third-order valence-electron chi connectivity index (χ3n) is 3.16. The molecule has 110 valence electrons. The fourth-order valence-electron chi connectivity index (χ4n) is 1.97. The Bertz CT molecular complexity index is 600. The molecule has 2 aromatic carbocycles. The van der Waals surface area contributed by atoms with Crippen LogP contribution in [0.15, 0.2) is 48.5 Å². The topological polar surface area (TPSA) is 35.5 Å². The van der Waals surface area contributed by atoms with Crippen LogP contribution in [-0.4, -0.2) is 12.6 Å². The highest BCUT2D eigenvalue weighted by atomic mass is 16.6. The van der Waals surface area contributed by atoms with Crippen LogP contribution in [0.3, 0.4) is 0 Å². The van der Waals surface area contributed by atoms with Crippen molar-refractivity contribution in [3.8, 4) is 11.5 Å².